The van der Waals surface area contributed by atoms with Gasteiger partial charge in [-0.2, -0.15) is 0 Å². The van der Waals surface area contributed by atoms with Crippen molar-refractivity contribution in [2.75, 3.05) is 19.6 Å². The number of thiazole rings is 1. The van der Waals surface area contributed by atoms with Gasteiger partial charge in [-0.25, -0.2) is 4.98 Å². The van der Waals surface area contributed by atoms with Crippen LogP contribution in [0.1, 0.15) is 69.0 Å². The van der Waals surface area contributed by atoms with Gasteiger partial charge in [0.05, 0.1) is 10.7 Å². The zero-order valence-corrected chi connectivity index (χ0v) is 16.6. The average molecular weight is 372 g/mol. The Morgan fingerprint density at radius 2 is 2.21 bits per heavy atom. The zero-order valence-electron chi connectivity index (χ0n) is 15.0. The molecule has 3 atom stereocenters. The molecule has 0 aromatic carbocycles. The van der Waals surface area contributed by atoms with Gasteiger partial charge in [-0.3, -0.25) is 4.79 Å². The van der Waals surface area contributed by atoms with Gasteiger partial charge in [-0.15, -0.1) is 23.7 Å². The van der Waals surface area contributed by atoms with Crippen LogP contribution in [0.15, 0.2) is 5.38 Å². The SMILES string of the molecule is CC(C)c1csc(C2CCCN(C(=O)[C@H]3CCN[C@@H](C)C3)C2)n1.Cl. The first kappa shape index (κ1) is 19.7. The van der Waals surface area contributed by atoms with Crippen molar-refractivity contribution in [2.45, 2.75) is 64.3 Å². The molecule has 0 saturated carbocycles. The summed E-state index contributed by atoms with van der Waals surface area (Å²) < 4.78 is 0. The highest BCUT2D eigenvalue weighted by Gasteiger charge is 2.32. The summed E-state index contributed by atoms with van der Waals surface area (Å²) in [6.45, 7) is 9.32. The lowest BCUT2D eigenvalue weighted by atomic mass is 9.90. The quantitative estimate of drug-likeness (QED) is 0.879. The van der Waals surface area contributed by atoms with Crippen LogP contribution >= 0.6 is 23.7 Å². The number of piperidine rings is 2. The van der Waals surface area contributed by atoms with Gasteiger partial charge >= 0.3 is 0 Å². The highest BCUT2D eigenvalue weighted by atomic mass is 35.5. The van der Waals surface area contributed by atoms with Crippen molar-refractivity contribution < 1.29 is 4.79 Å². The number of halogens is 1. The van der Waals surface area contributed by atoms with E-state index in [0.29, 0.717) is 23.8 Å². The van der Waals surface area contributed by atoms with Crippen LogP contribution in [0.4, 0.5) is 0 Å². The Morgan fingerprint density at radius 1 is 1.42 bits per heavy atom. The number of nitrogens with zero attached hydrogens (tertiary/aromatic N) is 2. The summed E-state index contributed by atoms with van der Waals surface area (Å²) in [7, 11) is 0. The number of carbonyl (C=O) groups is 1. The molecule has 0 aliphatic carbocycles. The van der Waals surface area contributed by atoms with E-state index in [-0.39, 0.29) is 18.3 Å². The van der Waals surface area contributed by atoms with E-state index in [0.717, 1.165) is 45.3 Å². The monoisotopic (exact) mass is 371 g/mol. The second-order valence-electron chi connectivity index (χ2n) is 7.47. The number of carbonyl (C=O) groups excluding carboxylic acids is 1. The second kappa shape index (κ2) is 8.63. The van der Waals surface area contributed by atoms with Gasteiger partial charge < -0.3 is 10.2 Å². The highest BCUT2D eigenvalue weighted by molar-refractivity contribution is 7.09. The van der Waals surface area contributed by atoms with E-state index >= 15 is 0 Å². The first-order valence-corrected chi connectivity index (χ1v) is 9.90. The smallest absolute Gasteiger partial charge is 0.225 e. The summed E-state index contributed by atoms with van der Waals surface area (Å²) in [6, 6.07) is 0.464. The van der Waals surface area contributed by atoms with E-state index < -0.39 is 0 Å². The molecule has 0 spiro atoms. The van der Waals surface area contributed by atoms with E-state index in [1.54, 1.807) is 11.3 Å². The lowest BCUT2D eigenvalue weighted by Gasteiger charge is -2.36. The largest absolute Gasteiger partial charge is 0.342 e. The summed E-state index contributed by atoms with van der Waals surface area (Å²) in [5, 5.41) is 6.86. The zero-order chi connectivity index (χ0) is 16.4. The van der Waals surface area contributed by atoms with Crippen molar-refractivity contribution >= 4 is 29.7 Å². The first-order valence-electron chi connectivity index (χ1n) is 9.02. The third-order valence-electron chi connectivity index (χ3n) is 5.19. The predicted octanol–water partition coefficient (Wildman–Crippen LogP) is 3.78. The number of nitrogens with one attached hydrogen (secondary N) is 1. The Bertz CT molecular complexity index is 548. The third-order valence-corrected chi connectivity index (χ3v) is 6.21. The standard InChI is InChI=1S/C18H29N3OS.ClH/c1-12(2)16-11-23-17(20-16)15-5-4-8-21(10-15)18(22)14-6-7-19-13(3)9-14;/h11-15,19H,4-10H2,1-3H3;1H/t13-,14-,15?;/m0./s1. The maximum absolute atomic E-state index is 12.9. The Balaban J connectivity index is 0.00000208. The van der Waals surface area contributed by atoms with Crippen molar-refractivity contribution in [2.24, 2.45) is 5.92 Å². The maximum atomic E-state index is 12.9. The fourth-order valence-corrected chi connectivity index (χ4v) is 4.86. The summed E-state index contributed by atoms with van der Waals surface area (Å²) in [4.78, 5) is 19.8. The molecule has 1 aromatic rings. The van der Waals surface area contributed by atoms with E-state index in [2.05, 4.69) is 36.4 Å². The van der Waals surface area contributed by atoms with Crippen molar-refractivity contribution in [3.63, 3.8) is 0 Å². The molecule has 0 radical (unpaired) electrons. The molecule has 1 aromatic heterocycles. The molecule has 4 nitrogen and oxygen atoms in total. The van der Waals surface area contributed by atoms with Crippen molar-refractivity contribution in [3.8, 4) is 0 Å². The molecule has 24 heavy (non-hydrogen) atoms. The number of hydrogen-bond acceptors (Lipinski definition) is 4. The number of likely N-dealkylation sites (tertiary alicyclic amines) is 1. The van der Waals surface area contributed by atoms with Crippen molar-refractivity contribution in [1.82, 2.24) is 15.2 Å². The Hall–Kier alpha value is -0.650. The lowest BCUT2D eigenvalue weighted by Crippen LogP contribution is -2.47. The molecule has 136 valence electrons. The van der Waals surface area contributed by atoms with Gasteiger partial charge in [0.15, 0.2) is 0 Å². The van der Waals surface area contributed by atoms with Crippen LogP contribution in [0.3, 0.4) is 0 Å². The van der Waals surface area contributed by atoms with Gasteiger partial charge in [-0.05, 0) is 45.1 Å². The van der Waals surface area contributed by atoms with Crippen LogP contribution in [0, 0.1) is 5.92 Å². The molecular weight excluding hydrogens is 342 g/mol. The van der Waals surface area contributed by atoms with Crippen LogP contribution in [-0.4, -0.2) is 41.5 Å². The van der Waals surface area contributed by atoms with Crippen LogP contribution < -0.4 is 5.32 Å². The van der Waals surface area contributed by atoms with Gasteiger partial charge in [0.1, 0.15) is 0 Å². The third kappa shape index (κ3) is 4.50. The van der Waals surface area contributed by atoms with Crippen molar-refractivity contribution in [3.05, 3.63) is 16.1 Å². The summed E-state index contributed by atoms with van der Waals surface area (Å²) >= 11 is 1.78. The summed E-state index contributed by atoms with van der Waals surface area (Å²) in [5.41, 5.74) is 1.20. The van der Waals surface area contributed by atoms with E-state index in [9.17, 15) is 4.79 Å². The summed E-state index contributed by atoms with van der Waals surface area (Å²) in [6.07, 6.45) is 4.23. The number of rotatable bonds is 3. The van der Waals surface area contributed by atoms with Gasteiger partial charge in [0, 0.05) is 36.3 Å². The minimum absolute atomic E-state index is 0. The Labute approximate surface area is 155 Å². The van der Waals surface area contributed by atoms with Crippen LogP contribution in [-0.2, 0) is 4.79 Å². The molecule has 0 bridgehead atoms. The van der Waals surface area contributed by atoms with Gasteiger partial charge in [0.2, 0.25) is 5.91 Å². The lowest BCUT2D eigenvalue weighted by molar-refractivity contribution is -0.138. The minimum atomic E-state index is 0. The topological polar surface area (TPSA) is 45.2 Å². The molecule has 1 N–H and O–H groups in total. The van der Waals surface area contributed by atoms with Crippen LogP contribution in [0.2, 0.25) is 0 Å². The molecule has 2 aliphatic rings. The van der Waals surface area contributed by atoms with E-state index in [1.807, 2.05) is 0 Å². The highest BCUT2D eigenvalue weighted by Crippen LogP contribution is 2.32. The summed E-state index contributed by atoms with van der Waals surface area (Å²) in [5.74, 6) is 1.51. The molecule has 2 saturated heterocycles. The Morgan fingerprint density at radius 3 is 2.88 bits per heavy atom. The fraction of sp³-hybridized carbons (Fsp3) is 0.778. The first-order chi connectivity index (χ1) is 11.0. The van der Waals surface area contributed by atoms with E-state index in [4.69, 9.17) is 4.98 Å². The predicted molar refractivity (Wildman–Crippen MR) is 102 cm³/mol. The molecular formula is C18H30ClN3OS. The van der Waals surface area contributed by atoms with Crippen molar-refractivity contribution in [1.29, 1.82) is 0 Å². The number of aromatic nitrogens is 1. The van der Waals surface area contributed by atoms with E-state index in [1.165, 1.54) is 10.7 Å². The minimum Gasteiger partial charge on any atom is -0.342 e. The molecule has 2 fully saturated rings. The number of amides is 1. The second-order valence-corrected chi connectivity index (χ2v) is 8.35. The van der Waals surface area contributed by atoms with Crippen LogP contribution in [0.25, 0.3) is 0 Å². The average Bonchev–Trinajstić information content (AvgIpc) is 3.04. The normalized spacial score (nSPS) is 27.8. The van der Waals surface area contributed by atoms with Crippen LogP contribution in [0.5, 0.6) is 0 Å². The molecule has 1 amide bonds. The maximum Gasteiger partial charge on any atom is 0.225 e. The number of hydrogen-bond donors (Lipinski definition) is 1. The van der Waals surface area contributed by atoms with Gasteiger partial charge in [-0.1, -0.05) is 13.8 Å². The molecule has 3 heterocycles. The van der Waals surface area contributed by atoms with Gasteiger partial charge in [0.25, 0.3) is 0 Å². The Kier molecular flexibility index (Phi) is 7.08. The molecule has 6 heteroatoms. The molecule has 2 aliphatic heterocycles. The molecule has 1 unspecified atom stereocenters. The fourth-order valence-electron chi connectivity index (χ4n) is 3.75. The molecule has 3 rings (SSSR count).